The summed E-state index contributed by atoms with van der Waals surface area (Å²) < 4.78 is 0.769. The summed E-state index contributed by atoms with van der Waals surface area (Å²) in [6.45, 7) is 0.129. The van der Waals surface area contributed by atoms with Crippen molar-refractivity contribution >= 4 is 22.9 Å². The van der Waals surface area contributed by atoms with E-state index in [1.807, 2.05) is 31.1 Å². The zero-order valence-corrected chi connectivity index (χ0v) is 8.69. The second-order valence-corrected chi connectivity index (χ2v) is 4.55. The highest BCUT2D eigenvalue weighted by molar-refractivity contribution is 7.16. The average Bonchev–Trinajstić information content (AvgIpc) is 2.37. The molecule has 1 heterocycles. The van der Waals surface area contributed by atoms with Crippen LogP contribution in [-0.2, 0) is 0 Å². The van der Waals surface area contributed by atoms with Crippen molar-refractivity contribution in [2.24, 2.45) is 0 Å². The average molecular weight is 206 g/mol. The summed E-state index contributed by atoms with van der Waals surface area (Å²) in [5.74, 6) is 0. The van der Waals surface area contributed by atoms with E-state index in [9.17, 15) is 0 Å². The third-order valence-electron chi connectivity index (χ3n) is 1.72. The molecule has 0 aromatic carbocycles. The van der Waals surface area contributed by atoms with Gasteiger partial charge in [-0.05, 0) is 26.2 Å². The Morgan fingerprint density at radius 3 is 2.58 bits per heavy atom. The molecule has 0 saturated heterocycles. The maximum absolute atomic E-state index is 9.08. The van der Waals surface area contributed by atoms with E-state index >= 15 is 0 Å². The van der Waals surface area contributed by atoms with E-state index in [0.717, 1.165) is 9.21 Å². The lowest BCUT2D eigenvalue weighted by Crippen LogP contribution is -2.21. The van der Waals surface area contributed by atoms with E-state index in [-0.39, 0.29) is 12.6 Å². The first-order chi connectivity index (χ1) is 5.65. The highest BCUT2D eigenvalue weighted by atomic mass is 35.5. The van der Waals surface area contributed by atoms with E-state index in [1.54, 1.807) is 0 Å². The lowest BCUT2D eigenvalue weighted by molar-refractivity contribution is 0.173. The van der Waals surface area contributed by atoms with Crippen molar-refractivity contribution in [2.75, 3.05) is 20.7 Å². The van der Waals surface area contributed by atoms with Gasteiger partial charge in [0.15, 0.2) is 0 Å². The molecule has 4 heteroatoms. The summed E-state index contributed by atoms with van der Waals surface area (Å²) >= 11 is 7.30. The molecule has 0 spiro atoms. The fourth-order valence-electron chi connectivity index (χ4n) is 1.02. The molecular formula is C8H12ClNOS. The smallest absolute Gasteiger partial charge is 0.0931 e. The Hall–Kier alpha value is -0.0900. The minimum atomic E-state index is 0.0718. The number of aliphatic hydroxyl groups excluding tert-OH is 1. The molecule has 0 saturated carbocycles. The molecule has 1 rings (SSSR count). The van der Waals surface area contributed by atoms with Gasteiger partial charge in [0.25, 0.3) is 0 Å². The van der Waals surface area contributed by atoms with Crippen molar-refractivity contribution in [1.82, 2.24) is 4.90 Å². The molecular weight excluding hydrogens is 194 g/mol. The Balaban J connectivity index is 2.80. The van der Waals surface area contributed by atoms with Crippen molar-refractivity contribution < 1.29 is 5.11 Å². The minimum Gasteiger partial charge on any atom is -0.394 e. The van der Waals surface area contributed by atoms with Gasteiger partial charge in [0, 0.05) is 4.88 Å². The molecule has 12 heavy (non-hydrogen) atoms. The molecule has 0 fully saturated rings. The van der Waals surface area contributed by atoms with Crippen molar-refractivity contribution in [3.05, 3.63) is 21.3 Å². The van der Waals surface area contributed by atoms with E-state index in [1.165, 1.54) is 11.3 Å². The summed E-state index contributed by atoms with van der Waals surface area (Å²) in [4.78, 5) is 3.08. The molecule has 1 N–H and O–H groups in total. The molecule has 1 unspecified atom stereocenters. The lowest BCUT2D eigenvalue weighted by atomic mass is 10.2. The van der Waals surface area contributed by atoms with Gasteiger partial charge in [-0.15, -0.1) is 11.3 Å². The monoisotopic (exact) mass is 205 g/mol. The van der Waals surface area contributed by atoms with Crippen molar-refractivity contribution in [3.8, 4) is 0 Å². The van der Waals surface area contributed by atoms with Crippen LogP contribution in [0.1, 0.15) is 10.9 Å². The van der Waals surface area contributed by atoms with Crippen molar-refractivity contribution in [2.45, 2.75) is 6.04 Å². The van der Waals surface area contributed by atoms with Gasteiger partial charge >= 0.3 is 0 Å². The molecule has 1 aromatic rings. The molecule has 0 aliphatic heterocycles. The first kappa shape index (κ1) is 9.99. The highest BCUT2D eigenvalue weighted by Crippen LogP contribution is 2.28. The molecule has 2 nitrogen and oxygen atoms in total. The maximum Gasteiger partial charge on any atom is 0.0931 e. The molecule has 0 bridgehead atoms. The van der Waals surface area contributed by atoms with Gasteiger partial charge in [-0.3, -0.25) is 4.90 Å². The Morgan fingerprint density at radius 1 is 1.58 bits per heavy atom. The molecule has 0 amide bonds. The van der Waals surface area contributed by atoms with Crippen LogP contribution >= 0.6 is 22.9 Å². The number of hydrogen-bond acceptors (Lipinski definition) is 3. The Kier molecular flexibility index (Phi) is 3.53. The zero-order chi connectivity index (χ0) is 9.14. The van der Waals surface area contributed by atoms with Crippen LogP contribution in [0.15, 0.2) is 12.1 Å². The fraction of sp³-hybridized carbons (Fsp3) is 0.500. The summed E-state index contributed by atoms with van der Waals surface area (Å²) in [6.07, 6.45) is 0. The molecule has 0 radical (unpaired) electrons. The first-order valence-electron chi connectivity index (χ1n) is 3.67. The summed E-state index contributed by atoms with van der Waals surface area (Å²) in [5, 5.41) is 9.08. The fourth-order valence-corrected chi connectivity index (χ4v) is 2.26. The number of aliphatic hydroxyl groups is 1. The predicted molar refractivity (Wildman–Crippen MR) is 52.8 cm³/mol. The maximum atomic E-state index is 9.08. The molecule has 1 atom stereocenters. The first-order valence-corrected chi connectivity index (χ1v) is 4.87. The molecule has 68 valence electrons. The standard InChI is InChI=1S/C8H12ClNOS/c1-10(2)6(5-11)7-3-4-8(9)12-7/h3-4,6,11H,5H2,1-2H3. The van der Waals surface area contributed by atoms with Crippen molar-refractivity contribution in [3.63, 3.8) is 0 Å². The predicted octanol–water partition coefficient (Wildman–Crippen LogP) is 2.00. The number of nitrogens with zero attached hydrogens (tertiary/aromatic N) is 1. The van der Waals surface area contributed by atoms with Crippen LogP contribution in [0, 0.1) is 0 Å². The number of hydrogen-bond donors (Lipinski definition) is 1. The van der Waals surface area contributed by atoms with Crippen LogP contribution in [0.3, 0.4) is 0 Å². The summed E-state index contributed by atoms with van der Waals surface area (Å²) in [7, 11) is 3.88. The quantitative estimate of drug-likeness (QED) is 0.816. The zero-order valence-electron chi connectivity index (χ0n) is 7.12. The number of thiophene rings is 1. The summed E-state index contributed by atoms with van der Waals surface area (Å²) in [6, 6.07) is 3.88. The Morgan fingerprint density at radius 2 is 2.25 bits per heavy atom. The van der Waals surface area contributed by atoms with Crippen LogP contribution in [-0.4, -0.2) is 30.7 Å². The van der Waals surface area contributed by atoms with Crippen LogP contribution in [0.5, 0.6) is 0 Å². The second kappa shape index (κ2) is 4.23. The molecule has 0 aliphatic rings. The van der Waals surface area contributed by atoms with Gasteiger partial charge in [0.1, 0.15) is 0 Å². The Bertz CT molecular complexity index is 249. The van der Waals surface area contributed by atoms with Gasteiger partial charge in [-0.2, -0.15) is 0 Å². The minimum absolute atomic E-state index is 0.0718. The van der Waals surface area contributed by atoms with E-state index in [2.05, 4.69) is 0 Å². The van der Waals surface area contributed by atoms with Crippen LogP contribution in [0.25, 0.3) is 0 Å². The topological polar surface area (TPSA) is 23.5 Å². The number of halogens is 1. The van der Waals surface area contributed by atoms with Gasteiger partial charge in [0.2, 0.25) is 0 Å². The second-order valence-electron chi connectivity index (χ2n) is 2.80. The van der Waals surface area contributed by atoms with E-state index in [4.69, 9.17) is 16.7 Å². The largest absolute Gasteiger partial charge is 0.394 e. The normalized spacial score (nSPS) is 13.8. The number of likely N-dealkylation sites (N-methyl/N-ethyl adjacent to an activating group) is 1. The van der Waals surface area contributed by atoms with Crippen LogP contribution in [0.4, 0.5) is 0 Å². The third-order valence-corrected chi connectivity index (χ3v) is 3.05. The summed E-state index contributed by atoms with van der Waals surface area (Å²) in [5.41, 5.74) is 0. The SMILES string of the molecule is CN(C)C(CO)c1ccc(Cl)s1. The van der Waals surface area contributed by atoms with Gasteiger partial charge in [-0.25, -0.2) is 0 Å². The highest BCUT2D eigenvalue weighted by Gasteiger charge is 2.14. The molecule has 1 aromatic heterocycles. The van der Waals surface area contributed by atoms with Gasteiger partial charge in [0.05, 0.1) is 17.0 Å². The van der Waals surface area contributed by atoms with E-state index in [0.29, 0.717) is 0 Å². The van der Waals surface area contributed by atoms with Gasteiger partial charge in [-0.1, -0.05) is 11.6 Å². The lowest BCUT2D eigenvalue weighted by Gasteiger charge is -2.20. The molecule has 0 aliphatic carbocycles. The number of rotatable bonds is 3. The Labute approximate surface area is 81.4 Å². The van der Waals surface area contributed by atoms with Crippen LogP contribution in [0.2, 0.25) is 4.34 Å². The third kappa shape index (κ3) is 2.20. The van der Waals surface area contributed by atoms with Gasteiger partial charge < -0.3 is 5.11 Å². The van der Waals surface area contributed by atoms with E-state index < -0.39 is 0 Å². The van der Waals surface area contributed by atoms with Crippen molar-refractivity contribution in [1.29, 1.82) is 0 Å². The van der Waals surface area contributed by atoms with Crippen LogP contribution < -0.4 is 0 Å².